The number of H-pyrrole nitrogens is 1. The number of rotatable bonds is 5. The number of aromatic amines is 1. The van der Waals surface area contributed by atoms with Crippen molar-refractivity contribution in [2.45, 2.75) is 26.3 Å². The second-order valence-corrected chi connectivity index (χ2v) is 5.53. The molecule has 1 atom stereocenters. The molecular weight excluding hydrogens is 276 g/mol. The van der Waals surface area contributed by atoms with Crippen molar-refractivity contribution in [2.24, 2.45) is 0 Å². The summed E-state index contributed by atoms with van der Waals surface area (Å²) >= 11 is 0. The summed E-state index contributed by atoms with van der Waals surface area (Å²) < 4.78 is 0. The van der Waals surface area contributed by atoms with E-state index in [1.807, 2.05) is 38.2 Å². The summed E-state index contributed by atoms with van der Waals surface area (Å²) in [5.74, 6) is 1.48. The van der Waals surface area contributed by atoms with Crippen molar-refractivity contribution in [1.29, 1.82) is 0 Å². The third-order valence-corrected chi connectivity index (χ3v) is 3.68. The van der Waals surface area contributed by atoms with Crippen LogP contribution in [0.4, 0.5) is 5.82 Å². The molecule has 0 aliphatic carbocycles. The molecule has 3 rings (SSSR count). The molecular formula is C17H20N4O. The Balaban J connectivity index is 1.79. The maximum absolute atomic E-state index is 9.68. The summed E-state index contributed by atoms with van der Waals surface area (Å²) in [4.78, 5) is 11.9. The number of anilines is 1. The molecule has 0 amide bonds. The number of aromatic nitrogens is 3. The first-order valence-electron chi connectivity index (χ1n) is 7.40. The molecule has 2 heterocycles. The van der Waals surface area contributed by atoms with Crippen LogP contribution < -0.4 is 5.32 Å². The Morgan fingerprint density at radius 1 is 1.23 bits per heavy atom. The molecule has 0 saturated heterocycles. The third-order valence-electron chi connectivity index (χ3n) is 3.68. The van der Waals surface area contributed by atoms with Crippen LogP contribution in [0.1, 0.15) is 17.1 Å². The highest BCUT2D eigenvalue weighted by molar-refractivity contribution is 5.83. The van der Waals surface area contributed by atoms with Gasteiger partial charge in [-0.1, -0.05) is 18.2 Å². The summed E-state index contributed by atoms with van der Waals surface area (Å²) in [5.41, 5.74) is 3.21. The number of fused-ring (bicyclic) bond motifs is 1. The summed E-state index contributed by atoms with van der Waals surface area (Å²) in [6.07, 6.45) is 2.73. The topological polar surface area (TPSA) is 73.8 Å². The number of aliphatic hydroxyl groups excluding tert-OH is 1. The number of para-hydroxylation sites is 1. The molecule has 0 unspecified atom stereocenters. The predicted molar refractivity (Wildman–Crippen MR) is 88.0 cm³/mol. The van der Waals surface area contributed by atoms with E-state index in [1.165, 1.54) is 10.9 Å². The van der Waals surface area contributed by atoms with Crippen molar-refractivity contribution >= 4 is 16.7 Å². The molecule has 5 heteroatoms. The molecule has 0 radical (unpaired) electrons. The van der Waals surface area contributed by atoms with Gasteiger partial charge in [-0.15, -0.1) is 0 Å². The normalized spacial score (nSPS) is 12.5. The van der Waals surface area contributed by atoms with Crippen LogP contribution >= 0.6 is 0 Å². The van der Waals surface area contributed by atoms with Crippen molar-refractivity contribution in [3.8, 4) is 0 Å². The van der Waals surface area contributed by atoms with E-state index in [9.17, 15) is 5.11 Å². The predicted octanol–water partition coefficient (Wildman–Crippen LogP) is 2.59. The van der Waals surface area contributed by atoms with Crippen molar-refractivity contribution < 1.29 is 5.11 Å². The van der Waals surface area contributed by atoms with Crippen LogP contribution in [0.25, 0.3) is 10.9 Å². The highest BCUT2D eigenvalue weighted by Crippen LogP contribution is 2.20. The van der Waals surface area contributed by atoms with Gasteiger partial charge < -0.3 is 15.4 Å². The van der Waals surface area contributed by atoms with Crippen LogP contribution in [-0.4, -0.2) is 32.7 Å². The molecule has 114 valence electrons. The SMILES string of the molecule is Cc1cc(N[C@H](CO)Cc2c[nH]c3ccccc23)nc(C)n1. The van der Waals surface area contributed by atoms with Crippen LogP contribution in [0.15, 0.2) is 36.5 Å². The van der Waals surface area contributed by atoms with Gasteiger partial charge in [0.1, 0.15) is 11.6 Å². The Morgan fingerprint density at radius 2 is 2.05 bits per heavy atom. The summed E-state index contributed by atoms with van der Waals surface area (Å²) in [6.45, 7) is 3.85. The lowest BCUT2D eigenvalue weighted by Gasteiger charge is -2.17. The van der Waals surface area contributed by atoms with Gasteiger partial charge in [0, 0.05) is 28.9 Å². The molecule has 0 saturated carbocycles. The van der Waals surface area contributed by atoms with Crippen molar-refractivity contribution in [1.82, 2.24) is 15.0 Å². The molecule has 0 aliphatic rings. The highest BCUT2D eigenvalue weighted by atomic mass is 16.3. The minimum absolute atomic E-state index is 0.0433. The zero-order valence-corrected chi connectivity index (χ0v) is 12.8. The van der Waals surface area contributed by atoms with Crippen LogP contribution in [0, 0.1) is 13.8 Å². The van der Waals surface area contributed by atoms with Crippen LogP contribution in [0.3, 0.4) is 0 Å². The number of nitrogens with one attached hydrogen (secondary N) is 2. The molecule has 3 N–H and O–H groups in total. The van der Waals surface area contributed by atoms with E-state index in [2.05, 4.69) is 32.4 Å². The smallest absolute Gasteiger partial charge is 0.130 e. The fraction of sp³-hybridized carbons (Fsp3) is 0.294. The van der Waals surface area contributed by atoms with E-state index in [0.29, 0.717) is 0 Å². The molecule has 1 aromatic carbocycles. The van der Waals surface area contributed by atoms with Gasteiger partial charge in [-0.3, -0.25) is 0 Å². The average molecular weight is 296 g/mol. The number of hydrogen-bond acceptors (Lipinski definition) is 4. The maximum Gasteiger partial charge on any atom is 0.130 e. The van der Waals surface area contributed by atoms with Crippen molar-refractivity contribution in [3.05, 3.63) is 53.6 Å². The van der Waals surface area contributed by atoms with E-state index < -0.39 is 0 Å². The highest BCUT2D eigenvalue weighted by Gasteiger charge is 2.13. The van der Waals surface area contributed by atoms with Crippen LogP contribution in [0.2, 0.25) is 0 Å². The Hall–Kier alpha value is -2.40. The van der Waals surface area contributed by atoms with Gasteiger partial charge in [-0.2, -0.15) is 0 Å². The van der Waals surface area contributed by atoms with Gasteiger partial charge in [-0.05, 0) is 31.9 Å². The number of benzene rings is 1. The van der Waals surface area contributed by atoms with Gasteiger partial charge in [0.2, 0.25) is 0 Å². The number of aliphatic hydroxyl groups is 1. The van der Waals surface area contributed by atoms with Crippen LogP contribution in [-0.2, 0) is 6.42 Å². The molecule has 5 nitrogen and oxygen atoms in total. The van der Waals surface area contributed by atoms with Gasteiger partial charge in [0.05, 0.1) is 12.6 Å². The second kappa shape index (κ2) is 6.15. The standard InChI is InChI=1S/C17H20N4O/c1-11-7-17(20-12(2)19-11)21-14(10-22)8-13-9-18-16-6-4-3-5-15(13)16/h3-7,9,14,18,22H,8,10H2,1-2H3,(H,19,20,21)/t14-/m0/s1. The zero-order valence-electron chi connectivity index (χ0n) is 12.8. The Labute approximate surface area is 129 Å². The Morgan fingerprint density at radius 3 is 2.82 bits per heavy atom. The third kappa shape index (κ3) is 3.09. The van der Waals surface area contributed by atoms with Gasteiger partial charge in [-0.25, -0.2) is 9.97 Å². The maximum atomic E-state index is 9.68. The first kappa shape index (κ1) is 14.5. The Kier molecular flexibility index (Phi) is 4.06. The molecule has 0 spiro atoms. The monoisotopic (exact) mass is 296 g/mol. The quantitative estimate of drug-likeness (QED) is 0.676. The zero-order chi connectivity index (χ0) is 15.5. The summed E-state index contributed by atoms with van der Waals surface area (Å²) in [6, 6.07) is 9.99. The molecule has 0 fully saturated rings. The molecule has 3 aromatic rings. The van der Waals surface area contributed by atoms with E-state index in [4.69, 9.17) is 0 Å². The fourth-order valence-corrected chi connectivity index (χ4v) is 2.73. The molecule has 0 bridgehead atoms. The van der Waals surface area contributed by atoms with E-state index in [0.717, 1.165) is 29.3 Å². The largest absolute Gasteiger partial charge is 0.394 e. The van der Waals surface area contributed by atoms with Gasteiger partial charge in [0.25, 0.3) is 0 Å². The molecule has 0 aliphatic heterocycles. The van der Waals surface area contributed by atoms with Gasteiger partial charge in [0.15, 0.2) is 0 Å². The molecule has 2 aromatic heterocycles. The van der Waals surface area contributed by atoms with Gasteiger partial charge >= 0.3 is 0 Å². The molecule has 22 heavy (non-hydrogen) atoms. The van der Waals surface area contributed by atoms with E-state index in [1.54, 1.807) is 0 Å². The lowest BCUT2D eigenvalue weighted by molar-refractivity contribution is 0.273. The second-order valence-electron chi connectivity index (χ2n) is 5.53. The van der Waals surface area contributed by atoms with Crippen LogP contribution in [0.5, 0.6) is 0 Å². The van der Waals surface area contributed by atoms with Crippen molar-refractivity contribution in [2.75, 3.05) is 11.9 Å². The number of nitrogens with zero attached hydrogens (tertiary/aromatic N) is 2. The fourth-order valence-electron chi connectivity index (χ4n) is 2.73. The lowest BCUT2D eigenvalue weighted by Crippen LogP contribution is -2.27. The minimum Gasteiger partial charge on any atom is -0.394 e. The summed E-state index contributed by atoms with van der Waals surface area (Å²) in [5, 5.41) is 14.2. The lowest BCUT2D eigenvalue weighted by atomic mass is 10.1. The first-order valence-corrected chi connectivity index (χ1v) is 7.40. The average Bonchev–Trinajstić information content (AvgIpc) is 2.89. The first-order chi connectivity index (χ1) is 10.7. The minimum atomic E-state index is -0.0899. The van der Waals surface area contributed by atoms with E-state index >= 15 is 0 Å². The van der Waals surface area contributed by atoms with E-state index in [-0.39, 0.29) is 12.6 Å². The number of aryl methyl sites for hydroxylation is 2. The summed E-state index contributed by atoms with van der Waals surface area (Å²) in [7, 11) is 0. The Bertz CT molecular complexity index is 761. The number of hydrogen-bond donors (Lipinski definition) is 3. The van der Waals surface area contributed by atoms with Crippen molar-refractivity contribution in [3.63, 3.8) is 0 Å².